The standard InChI is InChI=1S/C15H21FN2O2/c1-4-5-9-17-13(19)15(2,3)14(20)18-12-8-6-7-11(16)10-12/h6-8,10H,4-5,9H2,1-3H3,(H,17,19)(H,18,20). The third-order valence-electron chi connectivity index (χ3n) is 3.03. The summed E-state index contributed by atoms with van der Waals surface area (Å²) in [7, 11) is 0. The van der Waals surface area contributed by atoms with Gasteiger partial charge in [-0.1, -0.05) is 19.4 Å². The molecule has 0 atom stereocenters. The van der Waals surface area contributed by atoms with Crippen LogP contribution in [0.2, 0.25) is 0 Å². The van der Waals surface area contributed by atoms with Crippen molar-refractivity contribution in [1.29, 1.82) is 0 Å². The van der Waals surface area contributed by atoms with Crippen LogP contribution in [0.25, 0.3) is 0 Å². The molecule has 0 spiro atoms. The number of anilines is 1. The number of hydrogen-bond donors (Lipinski definition) is 2. The first-order valence-corrected chi connectivity index (χ1v) is 6.73. The molecule has 0 fully saturated rings. The monoisotopic (exact) mass is 280 g/mol. The van der Waals surface area contributed by atoms with Gasteiger partial charge < -0.3 is 10.6 Å². The van der Waals surface area contributed by atoms with Crippen molar-refractivity contribution in [2.45, 2.75) is 33.6 Å². The molecule has 4 nitrogen and oxygen atoms in total. The fraction of sp³-hybridized carbons (Fsp3) is 0.467. The van der Waals surface area contributed by atoms with Crippen LogP contribution in [-0.2, 0) is 9.59 Å². The van der Waals surface area contributed by atoms with Gasteiger partial charge in [-0.2, -0.15) is 0 Å². The predicted octanol–water partition coefficient (Wildman–Crippen LogP) is 2.71. The van der Waals surface area contributed by atoms with E-state index in [9.17, 15) is 14.0 Å². The van der Waals surface area contributed by atoms with Crippen molar-refractivity contribution >= 4 is 17.5 Å². The van der Waals surface area contributed by atoms with Crippen LogP contribution in [0, 0.1) is 11.2 Å². The molecule has 2 amide bonds. The van der Waals surface area contributed by atoms with Crippen LogP contribution in [0.15, 0.2) is 24.3 Å². The Labute approximate surface area is 118 Å². The normalized spacial score (nSPS) is 11.0. The van der Waals surface area contributed by atoms with E-state index < -0.39 is 17.1 Å². The number of carbonyl (C=O) groups is 2. The number of nitrogens with one attached hydrogen (secondary N) is 2. The second kappa shape index (κ2) is 7.03. The SMILES string of the molecule is CCCCNC(=O)C(C)(C)C(=O)Nc1cccc(F)c1. The van der Waals surface area contributed by atoms with Gasteiger partial charge >= 0.3 is 0 Å². The highest BCUT2D eigenvalue weighted by molar-refractivity contribution is 6.09. The molecule has 0 aliphatic rings. The Kier molecular flexibility index (Phi) is 5.67. The number of rotatable bonds is 6. The molecular formula is C15H21FN2O2. The smallest absolute Gasteiger partial charge is 0.239 e. The summed E-state index contributed by atoms with van der Waals surface area (Å²) < 4.78 is 13.0. The average Bonchev–Trinajstić information content (AvgIpc) is 2.38. The minimum atomic E-state index is -1.21. The molecule has 0 aromatic heterocycles. The fourth-order valence-electron chi connectivity index (χ4n) is 1.56. The van der Waals surface area contributed by atoms with Crippen LogP contribution in [0.5, 0.6) is 0 Å². The minimum absolute atomic E-state index is 0.333. The molecule has 5 heteroatoms. The van der Waals surface area contributed by atoms with Gasteiger partial charge in [0.15, 0.2) is 0 Å². The van der Waals surface area contributed by atoms with Gasteiger partial charge in [-0.05, 0) is 38.5 Å². The van der Waals surface area contributed by atoms with E-state index in [1.165, 1.54) is 18.2 Å². The van der Waals surface area contributed by atoms with Gasteiger partial charge in [0.1, 0.15) is 11.2 Å². The quantitative estimate of drug-likeness (QED) is 0.622. The van der Waals surface area contributed by atoms with Gasteiger partial charge in [0.05, 0.1) is 0 Å². The minimum Gasteiger partial charge on any atom is -0.355 e. The third kappa shape index (κ3) is 4.33. The summed E-state index contributed by atoms with van der Waals surface area (Å²) in [6, 6.07) is 5.58. The highest BCUT2D eigenvalue weighted by Gasteiger charge is 2.35. The average molecular weight is 280 g/mol. The number of carbonyl (C=O) groups excluding carboxylic acids is 2. The first-order valence-electron chi connectivity index (χ1n) is 6.73. The van der Waals surface area contributed by atoms with Crippen molar-refractivity contribution in [3.05, 3.63) is 30.1 Å². The molecule has 1 rings (SSSR count). The molecule has 110 valence electrons. The number of amides is 2. The molecule has 0 radical (unpaired) electrons. The highest BCUT2D eigenvalue weighted by atomic mass is 19.1. The van der Waals surface area contributed by atoms with Gasteiger partial charge in [-0.3, -0.25) is 9.59 Å². The third-order valence-corrected chi connectivity index (χ3v) is 3.03. The van der Waals surface area contributed by atoms with E-state index >= 15 is 0 Å². The summed E-state index contributed by atoms with van der Waals surface area (Å²) in [5, 5.41) is 5.28. The molecule has 0 saturated carbocycles. The maximum Gasteiger partial charge on any atom is 0.239 e. The van der Waals surface area contributed by atoms with Gasteiger partial charge in [-0.15, -0.1) is 0 Å². The Balaban J connectivity index is 2.66. The lowest BCUT2D eigenvalue weighted by Gasteiger charge is -2.22. The van der Waals surface area contributed by atoms with Crippen LogP contribution in [0.3, 0.4) is 0 Å². The number of benzene rings is 1. The Bertz CT molecular complexity index is 487. The number of halogens is 1. The molecule has 20 heavy (non-hydrogen) atoms. The molecule has 1 aromatic rings. The summed E-state index contributed by atoms with van der Waals surface area (Å²) in [5.41, 5.74) is -0.871. The maximum absolute atomic E-state index is 13.0. The summed E-state index contributed by atoms with van der Waals surface area (Å²) in [5.74, 6) is -1.23. The van der Waals surface area contributed by atoms with E-state index in [2.05, 4.69) is 10.6 Å². The number of hydrogen-bond acceptors (Lipinski definition) is 2. The van der Waals surface area contributed by atoms with E-state index in [1.807, 2.05) is 6.92 Å². The zero-order chi connectivity index (χ0) is 15.2. The van der Waals surface area contributed by atoms with Gasteiger partial charge in [0.25, 0.3) is 0 Å². The summed E-state index contributed by atoms with van der Waals surface area (Å²) in [6.45, 7) is 5.66. The predicted molar refractivity (Wildman–Crippen MR) is 76.7 cm³/mol. The Morgan fingerprint density at radius 2 is 1.95 bits per heavy atom. The molecule has 0 heterocycles. The highest BCUT2D eigenvalue weighted by Crippen LogP contribution is 2.19. The first kappa shape index (κ1) is 16.1. The van der Waals surface area contributed by atoms with Crippen molar-refractivity contribution in [2.75, 3.05) is 11.9 Å². The lowest BCUT2D eigenvalue weighted by Crippen LogP contribution is -2.45. The lowest BCUT2D eigenvalue weighted by molar-refractivity contribution is -0.138. The first-order chi connectivity index (χ1) is 9.37. The second-order valence-corrected chi connectivity index (χ2v) is 5.20. The molecule has 0 bridgehead atoms. The van der Waals surface area contributed by atoms with Crippen LogP contribution < -0.4 is 10.6 Å². The summed E-state index contributed by atoms with van der Waals surface area (Å²) in [6.07, 6.45) is 1.84. The van der Waals surface area contributed by atoms with Gasteiger partial charge in [0.2, 0.25) is 11.8 Å². The summed E-state index contributed by atoms with van der Waals surface area (Å²) in [4.78, 5) is 24.1. The van der Waals surface area contributed by atoms with E-state index in [1.54, 1.807) is 19.9 Å². The topological polar surface area (TPSA) is 58.2 Å². The van der Waals surface area contributed by atoms with Crippen LogP contribution >= 0.6 is 0 Å². The maximum atomic E-state index is 13.0. The second-order valence-electron chi connectivity index (χ2n) is 5.20. The molecule has 0 aliphatic heterocycles. The van der Waals surface area contributed by atoms with Crippen molar-refractivity contribution in [3.8, 4) is 0 Å². The Morgan fingerprint density at radius 1 is 1.25 bits per heavy atom. The van der Waals surface area contributed by atoms with Crippen LogP contribution in [0.4, 0.5) is 10.1 Å². The largest absolute Gasteiger partial charge is 0.355 e. The summed E-state index contributed by atoms with van der Waals surface area (Å²) >= 11 is 0. The van der Waals surface area contributed by atoms with Crippen LogP contribution in [0.1, 0.15) is 33.6 Å². The number of unbranched alkanes of at least 4 members (excludes halogenated alkanes) is 1. The van der Waals surface area contributed by atoms with Crippen LogP contribution in [-0.4, -0.2) is 18.4 Å². The van der Waals surface area contributed by atoms with Gasteiger partial charge in [-0.25, -0.2) is 4.39 Å². The molecular weight excluding hydrogens is 259 g/mol. The molecule has 1 aromatic carbocycles. The molecule has 0 saturated heterocycles. The van der Waals surface area contributed by atoms with E-state index in [4.69, 9.17) is 0 Å². The van der Waals surface area contributed by atoms with Gasteiger partial charge in [0, 0.05) is 12.2 Å². The Hall–Kier alpha value is -1.91. The van der Waals surface area contributed by atoms with Crippen molar-refractivity contribution in [1.82, 2.24) is 5.32 Å². The van der Waals surface area contributed by atoms with Crippen molar-refractivity contribution in [2.24, 2.45) is 5.41 Å². The van der Waals surface area contributed by atoms with Crippen molar-refractivity contribution in [3.63, 3.8) is 0 Å². The Morgan fingerprint density at radius 3 is 2.55 bits per heavy atom. The zero-order valence-electron chi connectivity index (χ0n) is 12.1. The van der Waals surface area contributed by atoms with Crippen molar-refractivity contribution < 1.29 is 14.0 Å². The van der Waals surface area contributed by atoms with E-state index in [0.29, 0.717) is 12.2 Å². The molecule has 0 aliphatic carbocycles. The molecule has 0 unspecified atom stereocenters. The zero-order valence-corrected chi connectivity index (χ0v) is 12.1. The van der Waals surface area contributed by atoms with E-state index in [0.717, 1.165) is 12.8 Å². The van der Waals surface area contributed by atoms with E-state index in [-0.39, 0.29) is 5.91 Å². The molecule has 2 N–H and O–H groups in total. The lowest BCUT2D eigenvalue weighted by atomic mass is 9.91. The fourth-order valence-corrected chi connectivity index (χ4v) is 1.56.